The lowest BCUT2D eigenvalue weighted by molar-refractivity contribution is 0.160. The molecule has 0 saturated carbocycles. The van der Waals surface area contributed by atoms with Crippen molar-refractivity contribution in [1.29, 1.82) is 0 Å². The van der Waals surface area contributed by atoms with Crippen molar-refractivity contribution in [3.05, 3.63) is 29.6 Å². The first-order valence-electron chi connectivity index (χ1n) is 7.75. The fraction of sp³-hybridized carbons (Fsp3) is 0.647. The summed E-state index contributed by atoms with van der Waals surface area (Å²) >= 11 is 0. The van der Waals surface area contributed by atoms with E-state index in [2.05, 4.69) is 12.2 Å². The second-order valence-electron chi connectivity index (χ2n) is 5.86. The summed E-state index contributed by atoms with van der Waals surface area (Å²) in [6.45, 7) is 7.50. The molecular weight excluding hydrogens is 269 g/mol. The number of hydrogen-bond acceptors (Lipinski definition) is 3. The monoisotopic (exact) mass is 297 g/mol. The van der Waals surface area contributed by atoms with Crippen LogP contribution < -0.4 is 10.1 Å². The Morgan fingerprint density at radius 1 is 1.33 bits per heavy atom. The number of aryl methyl sites for hydroxylation is 1. The largest absolute Gasteiger partial charge is 0.493 e. The number of unbranched alkanes of at least 4 members (excludes halogenated alkanes) is 1. The normalized spacial score (nSPS) is 14.0. The third-order valence-electron chi connectivity index (χ3n) is 3.69. The molecule has 1 atom stereocenters. The van der Waals surface area contributed by atoms with Crippen LogP contribution in [0, 0.1) is 12.7 Å². The summed E-state index contributed by atoms with van der Waals surface area (Å²) in [5.74, 6) is 0.344. The van der Waals surface area contributed by atoms with E-state index in [9.17, 15) is 9.50 Å². The average molecular weight is 297 g/mol. The van der Waals surface area contributed by atoms with E-state index in [1.807, 2.05) is 6.92 Å². The molecule has 0 heterocycles. The molecule has 1 unspecified atom stereocenters. The third kappa shape index (κ3) is 6.44. The van der Waals surface area contributed by atoms with Crippen LogP contribution in [0.5, 0.6) is 5.75 Å². The molecule has 3 nitrogen and oxygen atoms in total. The first-order valence-corrected chi connectivity index (χ1v) is 7.75. The lowest BCUT2D eigenvalue weighted by Crippen LogP contribution is -2.46. The van der Waals surface area contributed by atoms with Crippen LogP contribution in [0.2, 0.25) is 0 Å². The van der Waals surface area contributed by atoms with Gasteiger partial charge in [-0.25, -0.2) is 4.39 Å². The van der Waals surface area contributed by atoms with E-state index < -0.39 is 0 Å². The minimum absolute atomic E-state index is 0.136. The Balaban J connectivity index is 2.25. The lowest BCUT2D eigenvalue weighted by Gasteiger charge is -2.28. The average Bonchev–Trinajstić information content (AvgIpc) is 2.48. The molecule has 1 rings (SSSR count). The van der Waals surface area contributed by atoms with E-state index in [4.69, 9.17) is 4.74 Å². The minimum Gasteiger partial charge on any atom is -0.493 e. The predicted octanol–water partition coefficient (Wildman–Crippen LogP) is 3.43. The number of aliphatic hydroxyl groups excluding tert-OH is 1. The van der Waals surface area contributed by atoms with Gasteiger partial charge in [-0.05, 0) is 57.7 Å². The molecule has 1 aromatic rings. The van der Waals surface area contributed by atoms with Gasteiger partial charge in [-0.15, -0.1) is 0 Å². The van der Waals surface area contributed by atoms with Crippen molar-refractivity contribution in [1.82, 2.24) is 5.32 Å². The molecule has 0 bridgehead atoms. The quantitative estimate of drug-likeness (QED) is 0.650. The molecule has 0 aliphatic carbocycles. The predicted molar refractivity (Wildman–Crippen MR) is 84.3 cm³/mol. The number of hydrogen-bond donors (Lipinski definition) is 2. The molecule has 0 saturated heterocycles. The number of nitrogens with one attached hydrogen (secondary N) is 1. The van der Waals surface area contributed by atoms with Gasteiger partial charge in [0.25, 0.3) is 0 Å². The molecular formula is C17H28FNO2. The second kappa shape index (κ2) is 9.00. The SMILES string of the molecule is CCCNC(C)(CO)CCCCOc1ccc(C)c(F)c1. The van der Waals surface area contributed by atoms with Crippen LogP contribution in [0.25, 0.3) is 0 Å². The van der Waals surface area contributed by atoms with E-state index in [1.54, 1.807) is 19.1 Å². The maximum atomic E-state index is 13.4. The van der Waals surface area contributed by atoms with Crippen LogP contribution in [-0.4, -0.2) is 30.4 Å². The number of benzene rings is 1. The van der Waals surface area contributed by atoms with E-state index in [1.165, 1.54) is 6.07 Å². The zero-order valence-electron chi connectivity index (χ0n) is 13.4. The molecule has 0 fully saturated rings. The van der Waals surface area contributed by atoms with Gasteiger partial charge in [0.1, 0.15) is 11.6 Å². The maximum Gasteiger partial charge on any atom is 0.129 e. The highest BCUT2D eigenvalue weighted by molar-refractivity contribution is 5.27. The van der Waals surface area contributed by atoms with Crippen LogP contribution in [0.3, 0.4) is 0 Å². The maximum absolute atomic E-state index is 13.4. The Morgan fingerprint density at radius 3 is 2.71 bits per heavy atom. The fourth-order valence-electron chi connectivity index (χ4n) is 2.12. The fourth-order valence-corrected chi connectivity index (χ4v) is 2.12. The molecule has 0 aliphatic heterocycles. The number of halogens is 1. The lowest BCUT2D eigenvalue weighted by atomic mass is 9.95. The highest BCUT2D eigenvalue weighted by Gasteiger charge is 2.21. The molecule has 0 amide bonds. The van der Waals surface area contributed by atoms with Crippen molar-refractivity contribution in [3.63, 3.8) is 0 Å². The summed E-state index contributed by atoms with van der Waals surface area (Å²) in [5, 5.41) is 12.8. The van der Waals surface area contributed by atoms with Crippen molar-refractivity contribution in [2.75, 3.05) is 19.8 Å². The van der Waals surface area contributed by atoms with Crippen molar-refractivity contribution in [3.8, 4) is 5.75 Å². The Hall–Kier alpha value is -1.13. The summed E-state index contributed by atoms with van der Waals surface area (Å²) in [5.41, 5.74) is 0.412. The van der Waals surface area contributed by atoms with Crippen molar-refractivity contribution in [2.45, 2.75) is 52.0 Å². The van der Waals surface area contributed by atoms with Crippen LogP contribution in [-0.2, 0) is 0 Å². The van der Waals surface area contributed by atoms with E-state index in [0.717, 1.165) is 32.2 Å². The standard InChI is InChI=1S/C17H28FNO2/c1-4-10-19-17(3,13-20)9-5-6-11-21-15-8-7-14(2)16(18)12-15/h7-8,12,19-20H,4-6,9-11,13H2,1-3H3. The first-order chi connectivity index (χ1) is 10.0. The van der Waals surface area contributed by atoms with Gasteiger partial charge in [0, 0.05) is 11.6 Å². The molecule has 21 heavy (non-hydrogen) atoms. The number of aliphatic hydroxyl groups is 1. The molecule has 0 spiro atoms. The summed E-state index contributed by atoms with van der Waals surface area (Å²) in [4.78, 5) is 0. The molecule has 0 aliphatic rings. The smallest absolute Gasteiger partial charge is 0.129 e. The topological polar surface area (TPSA) is 41.5 Å². The summed E-state index contributed by atoms with van der Waals surface area (Å²) in [6, 6.07) is 4.94. The van der Waals surface area contributed by atoms with Crippen LogP contribution in [0.15, 0.2) is 18.2 Å². The number of ether oxygens (including phenoxy) is 1. The van der Waals surface area contributed by atoms with Gasteiger partial charge in [-0.3, -0.25) is 0 Å². The highest BCUT2D eigenvalue weighted by atomic mass is 19.1. The van der Waals surface area contributed by atoms with Crippen molar-refractivity contribution >= 4 is 0 Å². The van der Waals surface area contributed by atoms with Gasteiger partial charge in [0.05, 0.1) is 13.2 Å². The van der Waals surface area contributed by atoms with Gasteiger partial charge < -0.3 is 15.2 Å². The molecule has 120 valence electrons. The van der Waals surface area contributed by atoms with E-state index in [-0.39, 0.29) is 18.0 Å². The van der Waals surface area contributed by atoms with Crippen molar-refractivity contribution < 1.29 is 14.2 Å². The Kier molecular flexibility index (Phi) is 7.68. The zero-order valence-corrected chi connectivity index (χ0v) is 13.4. The summed E-state index contributed by atoms with van der Waals surface area (Å²) in [7, 11) is 0. The molecule has 0 radical (unpaired) electrons. The van der Waals surface area contributed by atoms with Crippen LogP contribution >= 0.6 is 0 Å². The van der Waals surface area contributed by atoms with Crippen LogP contribution in [0.1, 0.15) is 45.1 Å². The minimum atomic E-state index is -0.232. The summed E-state index contributed by atoms with van der Waals surface area (Å²) < 4.78 is 18.9. The highest BCUT2D eigenvalue weighted by Crippen LogP contribution is 2.17. The van der Waals surface area contributed by atoms with Gasteiger partial charge in [0.15, 0.2) is 0 Å². The van der Waals surface area contributed by atoms with Gasteiger partial charge in [-0.2, -0.15) is 0 Å². The third-order valence-corrected chi connectivity index (χ3v) is 3.69. The number of rotatable bonds is 10. The van der Waals surface area contributed by atoms with Gasteiger partial charge in [-0.1, -0.05) is 13.0 Å². The molecule has 2 N–H and O–H groups in total. The first kappa shape index (κ1) is 17.9. The second-order valence-corrected chi connectivity index (χ2v) is 5.86. The van der Waals surface area contributed by atoms with Gasteiger partial charge in [0.2, 0.25) is 0 Å². The zero-order chi connectivity index (χ0) is 15.7. The Morgan fingerprint density at radius 2 is 2.10 bits per heavy atom. The Labute approximate surface area is 127 Å². The Bertz CT molecular complexity index is 425. The molecule has 1 aromatic carbocycles. The van der Waals surface area contributed by atoms with Crippen molar-refractivity contribution in [2.24, 2.45) is 0 Å². The molecule has 4 heteroatoms. The van der Waals surface area contributed by atoms with E-state index >= 15 is 0 Å². The van der Waals surface area contributed by atoms with Gasteiger partial charge >= 0.3 is 0 Å². The van der Waals surface area contributed by atoms with Crippen LogP contribution in [0.4, 0.5) is 4.39 Å². The molecule has 0 aromatic heterocycles. The summed E-state index contributed by atoms with van der Waals surface area (Å²) in [6.07, 6.45) is 3.80. The van der Waals surface area contributed by atoms with E-state index in [0.29, 0.717) is 17.9 Å².